The molecule has 3 aromatic rings. The van der Waals surface area contributed by atoms with Crippen molar-refractivity contribution in [2.75, 3.05) is 19.0 Å². The fourth-order valence-corrected chi connectivity index (χ4v) is 4.64. The Labute approximate surface area is 189 Å². The van der Waals surface area contributed by atoms with E-state index >= 15 is 0 Å². The quantitative estimate of drug-likeness (QED) is 0.302. The normalized spacial score (nSPS) is 16.3. The molecule has 0 atom stereocenters. The molecule has 4 rings (SSSR count). The fourth-order valence-electron chi connectivity index (χ4n) is 2.95. The number of nitrogens with zero attached hydrogens (tertiary/aromatic N) is 5. The molecule has 0 bridgehead atoms. The Morgan fingerprint density at radius 2 is 1.58 bits per heavy atom. The van der Waals surface area contributed by atoms with Gasteiger partial charge in [-0.1, -0.05) is 0 Å². The summed E-state index contributed by atoms with van der Waals surface area (Å²) in [4.78, 5) is 11.8. The first-order valence-electron chi connectivity index (χ1n) is 9.94. The molecule has 0 radical (unpaired) electrons. The van der Waals surface area contributed by atoms with Crippen molar-refractivity contribution < 1.29 is 0 Å². The molecule has 31 heavy (non-hydrogen) atoms. The second kappa shape index (κ2) is 9.65. The predicted molar refractivity (Wildman–Crippen MR) is 133 cm³/mol. The zero-order valence-corrected chi connectivity index (χ0v) is 19.4. The van der Waals surface area contributed by atoms with E-state index in [2.05, 4.69) is 58.4 Å². The van der Waals surface area contributed by atoms with E-state index in [9.17, 15) is 0 Å². The summed E-state index contributed by atoms with van der Waals surface area (Å²) in [5.74, 6) is 0. The standard InChI is InChI=1S/C25H23N5Se/c1-18-9-11-20(12-10-18)23-24(27-21-13-15-22(16-14-21)30(2)3)31-25(28-23)29-26-17-19-7-5-4-6-8-19/h4-17H,1-3H3/b26-17-,27-24?,29-25+. The van der Waals surface area contributed by atoms with Crippen LogP contribution in [0.2, 0.25) is 0 Å². The molecule has 0 fully saturated rings. The van der Waals surface area contributed by atoms with Gasteiger partial charge in [0.1, 0.15) is 0 Å². The molecule has 154 valence electrons. The molecule has 0 amide bonds. The molecule has 1 heterocycles. The Balaban J connectivity index is 1.65. The summed E-state index contributed by atoms with van der Waals surface area (Å²) in [5.41, 5.74) is 6.21. The fraction of sp³-hybridized carbons (Fsp3) is 0.120. The van der Waals surface area contributed by atoms with Crippen LogP contribution in [-0.2, 0) is 0 Å². The summed E-state index contributed by atoms with van der Waals surface area (Å²) in [6.45, 7) is 2.08. The first-order chi connectivity index (χ1) is 15.1. The number of hydrogen-bond acceptors (Lipinski definition) is 4. The van der Waals surface area contributed by atoms with Crippen LogP contribution in [0.3, 0.4) is 0 Å². The van der Waals surface area contributed by atoms with Crippen LogP contribution in [0.4, 0.5) is 11.4 Å². The first kappa shape index (κ1) is 20.9. The van der Waals surface area contributed by atoms with Gasteiger partial charge in [-0.25, -0.2) is 0 Å². The number of rotatable bonds is 5. The van der Waals surface area contributed by atoms with Crippen molar-refractivity contribution in [2.45, 2.75) is 6.92 Å². The van der Waals surface area contributed by atoms with Crippen molar-refractivity contribution in [2.24, 2.45) is 20.2 Å². The van der Waals surface area contributed by atoms with Crippen molar-refractivity contribution >= 4 is 47.6 Å². The molecule has 0 aromatic heterocycles. The van der Waals surface area contributed by atoms with Gasteiger partial charge in [0.25, 0.3) is 0 Å². The van der Waals surface area contributed by atoms with E-state index in [1.165, 1.54) is 5.56 Å². The number of aliphatic imine (C=N–C) groups is 2. The number of hydrogen-bond donors (Lipinski definition) is 0. The summed E-state index contributed by atoms with van der Waals surface area (Å²) >= 11 is -0.117. The van der Waals surface area contributed by atoms with Gasteiger partial charge in [0, 0.05) is 0 Å². The minimum atomic E-state index is -0.117. The van der Waals surface area contributed by atoms with Crippen LogP contribution in [0.25, 0.3) is 0 Å². The van der Waals surface area contributed by atoms with Crippen LogP contribution in [0.1, 0.15) is 16.7 Å². The van der Waals surface area contributed by atoms with Crippen molar-refractivity contribution in [3.05, 3.63) is 95.6 Å². The first-order valence-corrected chi connectivity index (χ1v) is 11.7. The van der Waals surface area contributed by atoms with Crippen LogP contribution in [-0.4, -0.2) is 50.3 Å². The third kappa shape index (κ3) is 5.43. The van der Waals surface area contributed by atoms with Crippen LogP contribution in [0.5, 0.6) is 0 Å². The topological polar surface area (TPSA) is 52.7 Å². The zero-order valence-electron chi connectivity index (χ0n) is 17.7. The van der Waals surface area contributed by atoms with E-state index < -0.39 is 0 Å². The Hall–Kier alpha value is -3.34. The van der Waals surface area contributed by atoms with Gasteiger partial charge in [0.05, 0.1) is 0 Å². The molecule has 0 spiro atoms. The van der Waals surface area contributed by atoms with Crippen molar-refractivity contribution in [3.8, 4) is 0 Å². The summed E-state index contributed by atoms with van der Waals surface area (Å²) in [7, 11) is 4.06. The molecular formula is C25H23N5Se. The molecule has 0 saturated carbocycles. The molecule has 0 saturated heterocycles. The van der Waals surface area contributed by atoms with Crippen molar-refractivity contribution in [1.82, 2.24) is 0 Å². The Kier molecular flexibility index (Phi) is 6.51. The van der Waals surface area contributed by atoms with Crippen LogP contribution >= 0.6 is 0 Å². The van der Waals surface area contributed by atoms with Gasteiger partial charge in [-0.05, 0) is 0 Å². The number of anilines is 1. The molecule has 5 nitrogen and oxygen atoms in total. The molecule has 1 aliphatic heterocycles. The Morgan fingerprint density at radius 3 is 2.26 bits per heavy atom. The molecule has 3 aromatic carbocycles. The third-order valence-electron chi connectivity index (χ3n) is 4.67. The van der Waals surface area contributed by atoms with Gasteiger partial charge in [0.2, 0.25) is 0 Å². The molecule has 0 N–H and O–H groups in total. The van der Waals surface area contributed by atoms with Gasteiger partial charge in [-0.2, -0.15) is 0 Å². The number of amidine groups is 1. The van der Waals surface area contributed by atoms with Crippen LogP contribution in [0.15, 0.2) is 99.1 Å². The predicted octanol–water partition coefficient (Wildman–Crippen LogP) is 4.69. The van der Waals surface area contributed by atoms with E-state index in [1.807, 2.05) is 56.6 Å². The average Bonchev–Trinajstić information content (AvgIpc) is 3.18. The number of aryl methyl sites for hydroxylation is 1. The summed E-state index contributed by atoms with van der Waals surface area (Å²) in [5, 5.41) is 8.63. The Bertz CT molecular complexity index is 1160. The zero-order chi connectivity index (χ0) is 21.6. The maximum atomic E-state index is 4.92. The van der Waals surface area contributed by atoms with Gasteiger partial charge < -0.3 is 0 Å². The minimum absolute atomic E-state index is 0.117. The van der Waals surface area contributed by atoms with Gasteiger partial charge in [0.15, 0.2) is 0 Å². The second-order valence-corrected chi connectivity index (χ2v) is 9.30. The molecule has 0 unspecified atom stereocenters. The van der Waals surface area contributed by atoms with E-state index in [0.29, 0.717) is 0 Å². The molecule has 6 heteroatoms. The van der Waals surface area contributed by atoms with E-state index in [0.717, 1.165) is 37.6 Å². The summed E-state index contributed by atoms with van der Waals surface area (Å²) in [6.07, 6.45) is 1.75. The Morgan fingerprint density at radius 1 is 0.871 bits per heavy atom. The monoisotopic (exact) mass is 473 g/mol. The molecular weight excluding hydrogens is 449 g/mol. The van der Waals surface area contributed by atoms with E-state index in [-0.39, 0.29) is 15.0 Å². The number of benzene rings is 3. The van der Waals surface area contributed by atoms with Gasteiger partial charge in [-0.15, -0.1) is 0 Å². The second-order valence-electron chi connectivity index (χ2n) is 7.29. The third-order valence-corrected chi connectivity index (χ3v) is 6.42. The molecule has 1 aliphatic rings. The van der Waals surface area contributed by atoms with Crippen LogP contribution < -0.4 is 4.90 Å². The van der Waals surface area contributed by atoms with Gasteiger partial charge >= 0.3 is 189 Å². The van der Waals surface area contributed by atoms with E-state index in [1.54, 1.807) is 6.21 Å². The van der Waals surface area contributed by atoms with Gasteiger partial charge in [-0.3, -0.25) is 0 Å². The van der Waals surface area contributed by atoms with E-state index in [4.69, 9.17) is 9.98 Å². The maximum absolute atomic E-state index is 4.92. The summed E-state index contributed by atoms with van der Waals surface area (Å²) < 4.78 is 1.68. The van der Waals surface area contributed by atoms with Crippen molar-refractivity contribution in [1.29, 1.82) is 0 Å². The average molecular weight is 472 g/mol. The molecule has 0 aliphatic carbocycles. The van der Waals surface area contributed by atoms with Crippen LogP contribution in [0, 0.1) is 6.92 Å². The SMILES string of the molecule is Cc1ccc(C2=N/C(=N\N=C/c3ccccc3)[Se]C2=Nc2ccc(N(C)C)cc2)cc1. The summed E-state index contributed by atoms with van der Waals surface area (Å²) in [6, 6.07) is 26.5. The van der Waals surface area contributed by atoms with Crippen molar-refractivity contribution in [3.63, 3.8) is 0 Å².